The molecule has 0 bridgehead atoms. The molecule has 0 radical (unpaired) electrons. The molecular formula is C16H27NS. The SMILES string of the molecule is CCc1cc(SCC(C)(C)C(C)(C)C)ccc1N. The van der Waals surface area contributed by atoms with Crippen LogP contribution in [0.4, 0.5) is 5.69 Å². The summed E-state index contributed by atoms with van der Waals surface area (Å²) in [7, 11) is 0. The number of hydrogen-bond acceptors (Lipinski definition) is 2. The Morgan fingerprint density at radius 3 is 2.22 bits per heavy atom. The third kappa shape index (κ3) is 3.68. The molecule has 1 aromatic rings. The van der Waals surface area contributed by atoms with Crippen molar-refractivity contribution in [2.24, 2.45) is 10.8 Å². The van der Waals surface area contributed by atoms with Gasteiger partial charge in [0, 0.05) is 16.3 Å². The predicted octanol–water partition coefficient (Wildman–Crippen LogP) is 5.00. The first kappa shape index (κ1) is 15.4. The quantitative estimate of drug-likeness (QED) is 0.612. The Morgan fingerprint density at radius 2 is 1.72 bits per heavy atom. The van der Waals surface area contributed by atoms with Crippen molar-refractivity contribution in [2.75, 3.05) is 11.5 Å². The molecular weight excluding hydrogens is 238 g/mol. The van der Waals surface area contributed by atoms with Gasteiger partial charge in [0.15, 0.2) is 0 Å². The van der Waals surface area contributed by atoms with E-state index in [9.17, 15) is 0 Å². The summed E-state index contributed by atoms with van der Waals surface area (Å²) in [5, 5.41) is 0. The molecule has 0 spiro atoms. The summed E-state index contributed by atoms with van der Waals surface area (Å²) >= 11 is 1.94. The monoisotopic (exact) mass is 265 g/mol. The van der Waals surface area contributed by atoms with Crippen LogP contribution < -0.4 is 5.73 Å². The molecule has 2 N–H and O–H groups in total. The second-order valence-corrected chi connectivity index (χ2v) is 7.69. The molecule has 0 amide bonds. The molecule has 1 nitrogen and oxygen atoms in total. The Bertz CT molecular complexity index is 402. The third-order valence-corrected chi connectivity index (χ3v) is 5.58. The molecule has 0 aromatic heterocycles. The van der Waals surface area contributed by atoms with E-state index in [1.54, 1.807) is 0 Å². The third-order valence-electron chi connectivity index (χ3n) is 4.13. The minimum Gasteiger partial charge on any atom is -0.399 e. The molecule has 0 aliphatic rings. The van der Waals surface area contributed by atoms with Crippen molar-refractivity contribution in [2.45, 2.75) is 52.9 Å². The average molecular weight is 265 g/mol. The van der Waals surface area contributed by atoms with Gasteiger partial charge in [-0.25, -0.2) is 0 Å². The van der Waals surface area contributed by atoms with Gasteiger partial charge in [-0.1, -0.05) is 41.5 Å². The molecule has 0 fully saturated rings. The Kier molecular flexibility index (Phi) is 4.77. The van der Waals surface area contributed by atoms with Gasteiger partial charge in [-0.3, -0.25) is 0 Å². The Morgan fingerprint density at radius 1 is 1.11 bits per heavy atom. The van der Waals surface area contributed by atoms with Crippen LogP contribution in [-0.2, 0) is 6.42 Å². The summed E-state index contributed by atoms with van der Waals surface area (Å²) in [5.41, 5.74) is 8.75. The van der Waals surface area contributed by atoms with Crippen LogP contribution in [-0.4, -0.2) is 5.75 Å². The number of nitrogens with two attached hydrogens (primary N) is 1. The Labute approximate surface area is 117 Å². The fourth-order valence-electron chi connectivity index (χ4n) is 1.46. The largest absolute Gasteiger partial charge is 0.399 e. The van der Waals surface area contributed by atoms with Gasteiger partial charge in [-0.15, -0.1) is 11.8 Å². The summed E-state index contributed by atoms with van der Waals surface area (Å²) in [6.07, 6.45) is 1.00. The van der Waals surface area contributed by atoms with Gasteiger partial charge in [0.05, 0.1) is 0 Å². The van der Waals surface area contributed by atoms with Crippen LogP contribution in [0.1, 0.15) is 47.1 Å². The van der Waals surface area contributed by atoms with Crippen molar-refractivity contribution in [3.8, 4) is 0 Å². The average Bonchev–Trinajstić information content (AvgIpc) is 2.26. The van der Waals surface area contributed by atoms with E-state index >= 15 is 0 Å². The van der Waals surface area contributed by atoms with Crippen molar-refractivity contribution in [1.29, 1.82) is 0 Å². The number of nitrogen functional groups attached to an aromatic ring is 1. The zero-order valence-corrected chi connectivity index (χ0v) is 13.4. The number of benzene rings is 1. The van der Waals surface area contributed by atoms with Crippen LogP contribution in [0.25, 0.3) is 0 Å². The molecule has 2 heteroatoms. The Hall–Kier alpha value is -0.630. The van der Waals surface area contributed by atoms with Crippen molar-refractivity contribution >= 4 is 17.4 Å². The zero-order chi connectivity index (χ0) is 14.0. The van der Waals surface area contributed by atoms with E-state index in [0.717, 1.165) is 17.9 Å². The van der Waals surface area contributed by atoms with Crippen LogP contribution >= 0.6 is 11.8 Å². The molecule has 18 heavy (non-hydrogen) atoms. The highest BCUT2D eigenvalue weighted by molar-refractivity contribution is 7.99. The number of rotatable bonds is 4. The highest BCUT2D eigenvalue weighted by atomic mass is 32.2. The molecule has 0 heterocycles. The zero-order valence-electron chi connectivity index (χ0n) is 12.6. The first-order valence-corrected chi connectivity index (χ1v) is 7.67. The van der Waals surface area contributed by atoms with E-state index in [4.69, 9.17) is 5.73 Å². The summed E-state index contributed by atoms with van der Waals surface area (Å²) in [6.45, 7) is 13.8. The highest BCUT2D eigenvalue weighted by Crippen LogP contribution is 2.42. The molecule has 1 rings (SSSR count). The van der Waals surface area contributed by atoms with E-state index in [2.05, 4.69) is 53.7 Å². The predicted molar refractivity (Wildman–Crippen MR) is 84.2 cm³/mol. The molecule has 0 unspecified atom stereocenters. The summed E-state index contributed by atoms with van der Waals surface area (Å²) in [4.78, 5) is 1.33. The van der Waals surface area contributed by atoms with E-state index in [0.29, 0.717) is 10.8 Å². The lowest BCUT2D eigenvalue weighted by atomic mass is 9.71. The number of thioether (sulfide) groups is 1. The minimum absolute atomic E-state index is 0.311. The van der Waals surface area contributed by atoms with Gasteiger partial charge in [0.25, 0.3) is 0 Å². The van der Waals surface area contributed by atoms with Crippen molar-refractivity contribution in [1.82, 2.24) is 0 Å². The van der Waals surface area contributed by atoms with Crippen LogP contribution in [0.3, 0.4) is 0 Å². The summed E-state index contributed by atoms with van der Waals surface area (Å²) in [5.74, 6) is 1.13. The molecule has 0 saturated carbocycles. The van der Waals surface area contributed by atoms with E-state index in [1.165, 1.54) is 10.5 Å². The van der Waals surface area contributed by atoms with Gasteiger partial charge < -0.3 is 5.73 Å². The summed E-state index contributed by atoms with van der Waals surface area (Å²) in [6, 6.07) is 6.40. The topological polar surface area (TPSA) is 26.0 Å². The molecule has 0 saturated heterocycles. The van der Waals surface area contributed by atoms with Crippen LogP contribution in [0.5, 0.6) is 0 Å². The van der Waals surface area contributed by atoms with Gasteiger partial charge in [-0.05, 0) is 41.0 Å². The molecule has 1 aromatic carbocycles. The van der Waals surface area contributed by atoms with Gasteiger partial charge in [0.1, 0.15) is 0 Å². The maximum atomic E-state index is 5.94. The van der Waals surface area contributed by atoms with E-state index in [1.807, 2.05) is 17.8 Å². The molecule has 0 atom stereocenters. The molecule has 0 aliphatic heterocycles. The second-order valence-electron chi connectivity index (χ2n) is 6.64. The molecule has 0 aliphatic carbocycles. The van der Waals surface area contributed by atoms with Crippen molar-refractivity contribution < 1.29 is 0 Å². The van der Waals surface area contributed by atoms with Crippen molar-refractivity contribution in [3.05, 3.63) is 23.8 Å². The van der Waals surface area contributed by atoms with E-state index < -0.39 is 0 Å². The minimum atomic E-state index is 0.311. The van der Waals surface area contributed by atoms with Crippen LogP contribution in [0, 0.1) is 10.8 Å². The first-order chi connectivity index (χ1) is 8.17. The normalized spacial score (nSPS) is 12.8. The summed E-state index contributed by atoms with van der Waals surface area (Å²) < 4.78 is 0. The number of aryl methyl sites for hydroxylation is 1. The Balaban J connectivity index is 2.75. The first-order valence-electron chi connectivity index (χ1n) is 6.68. The number of hydrogen-bond donors (Lipinski definition) is 1. The fraction of sp³-hybridized carbons (Fsp3) is 0.625. The van der Waals surface area contributed by atoms with Crippen LogP contribution in [0.15, 0.2) is 23.1 Å². The fourth-order valence-corrected chi connectivity index (χ4v) is 2.81. The number of anilines is 1. The van der Waals surface area contributed by atoms with Gasteiger partial charge in [-0.2, -0.15) is 0 Å². The van der Waals surface area contributed by atoms with Crippen molar-refractivity contribution in [3.63, 3.8) is 0 Å². The van der Waals surface area contributed by atoms with E-state index in [-0.39, 0.29) is 0 Å². The van der Waals surface area contributed by atoms with Crippen LogP contribution in [0.2, 0.25) is 0 Å². The lowest BCUT2D eigenvalue weighted by molar-refractivity contribution is 0.162. The molecule has 102 valence electrons. The maximum absolute atomic E-state index is 5.94. The highest BCUT2D eigenvalue weighted by Gasteiger charge is 2.32. The standard InChI is InChI=1S/C16H27NS/c1-7-12-10-13(8-9-14(12)17)18-11-16(5,6)15(2,3)4/h8-10H,7,11,17H2,1-6H3. The lowest BCUT2D eigenvalue weighted by Crippen LogP contribution is -2.31. The van der Waals surface area contributed by atoms with Gasteiger partial charge >= 0.3 is 0 Å². The smallest absolute Gasteiger partial charge is 0.0347 e. The maximum Gasteiger partial charge on any atom is 0.0347 e. The second kappa shape index (κ2) is 5.56. The lowest BCUT2D eigenvalue weighted by Gasteiger charge is -2.38. The van der Waals surface area contributed by atoms with Gasteiger partial charge in [0.2, 0.25) is 0 Å².